The van der Waals surface area contributed by atoms with Gasteiger partial charge in [0.05, 0.1) is 12.1 Å². The van der Waals surface area contributed by atoms with E-state index in [0.717, 1.165) is 6.92 Å². The molecule has 0 rings (SSSR count). The van der Waals surface area contributed by atoms with Crippen molar-refractivity contribution >= 4 is 24.8 Å². The Kier molecular flexibility index (Phi) is 9.30. The van der Waals surface area contributed by atoms with Crippen molar-refractivity contribution in [1.82, 2.24) is 0 Å². The maximum atomic E-state index is 11.5. The third kappa shape index (κ3) is 6.68. The monoisotopic (exact) mass is 214 g/mol. The van der Waals surface area contributed by atoms with Crippen molar-refractivity contribution in [3.63, 3.8) is 0 Å². The van der Waals surface area contributed by atoms with E-state index in [9.17, 15) is 13.2 Å². The fraction of sp³-hybridized carbons (Fsp3) is 1.00. The first-order valence-corrected chi connectivity index (χ1v) is 2.43. The van der Waals surface area contributed by atoms with E-state index in [1.54, 1.807) is 0 Å². The molecule has 1 unspecified atom stereocenters. The summed E-state index contributed by atoms with van der Waals surface area (Å²) in [6.45, 7) is 0.949. The quantitative estimate of drug-likeness (QED) is 0.647. The van der Waals surface area contributed by atoms with Gasteiger partial charge in [0, 0.05) is 0 Å². The molecule has 0 amide bonds. The van der Waals surface area contributed by atoms with Gasteiger partial charge >= 0.3 is 6.18 Å². The Morgan fingerprint density at radius 1 is 1.09 bits per heavy atom. The van der Waals surface area contributed by atoms with Gasteiger partial charge < -0.3 is 11.5 Å². The molecule has 0 aliphatic rings. The van der Waals surface area contributed by atoms with Gasteiger partial charge in [-0.15, -0.1) is 24.8 Å². The highest BCUT2D eigenvalue weighted by atomic mass is 35.5. The summed E-state index contributed by atoms with van der Waals surface area (Å²) in [4.78, 5) is 0. The summed E-state index contributed by atoms with van der Waals surface area (Å²) in [6, 6.07) is 0. The van der Waals surface area contributed by atoms with Crippen molar-refractivity contribution in [2.45, 2.75) is 19.3 Å². The molecule has 2 nitrogen and oxygen atoms in total. The Bertz CT molecular complexity index is 95.8. The van der Waals surface area contributed by atoms with Gasteiger partial charge in [-0.2, -0.15) is 13.2 Å². The fourth-order valence-electron chi connectivity index (χ4n) is 0.218. The number of hydrogen-bond donors (Lipinski definition) is 2. The molecule has 0 aliphatic carbocycles. The van der Waals surface area contributed by atoms with E-state index >= 15 is 0 Å². The topological polar surface area (TPSA) is 52.0 Å². The zero-order valence-corrected chi connectivity index (χ0v) is 7.39. The first-order chi connectivity index (χ1) is 3.85. The maximum absolute atomic E-state index is 11.5. The van der Waals surface area contributed by atoms with Gasteiger partial charge in [-0.25, -0.2) is 0 Å². The summed E-state index contributed by atoms with van der Waals surface area (Å²) in [7, 11) is 0. The minimum Gasteiger partial charge on any atom is -0.316 e. The van der Waals surface area contributed by atoms with E-state index in [1.165, 1.54) is 0 Å². The standard InChI is InChI=1S/C4H9F3N2.2ClH/c1-2(3(8)9)4(5,6)7;;/h2-3H,8-9H2,1H3;2*1H. The van der Waals surface area contributed by atoms with Gasteiger partial charge in [-0.3, -0.25) is 0 Å². The molecule has 0 aromatic rings. The average Bonchev–Trinajstić information content (AvgIpc) is 1.62. The molecule has 0 spiro atoms. The summed E-state index contributed by atoms with van der Waals surface area (Å²) in [5.74, 6) is -1.63. The Hall–Kier alpha value is 0.290. The molecule has 0 heterocycles. The average molecular weight is 215 g/mol. The number of rotatable bonds is 1. The van der Waals surface area contributed by atoms with Gasteiger partial charge in [0.2, 0.25) is 0 Å². The van der Waals surface area contributed by atoms with Crippen LogP contribution in [0.3, 0.4) is 0 Å². The third-order valence-electron chi connectivity index (χ3n) is 1.09. The van der Waals surface area contributed by atoms with Crippen LogP contribution in [0.4, 0.5) is 13.2 Å². The van der Waals surface area contributed by atoms with Crippen LogP contribution in [-0.4, -0.2) is 12.3 Å². The van der Waals surface area contributed by atoms with E-state index in [4.69, 9.17) is 11.5 Å². The van der Waals surface area contributed by atoms with Crippen LogP contribution in [0.2, 0.25) is 0 Å². The molecule has 0 aliphatic heterocycles. The van der Waals surface area contributed by atoms with Crippen LogP contribution in [0.15, 0.2) is 0 Å². The molecule has 4 N–H and O–H groups in total. The van der Waals surface area contributed by atoms with Gasteiger partial charge in [0.25, 0.3) is 0 Å². The van der Waals surface area contributed by atoms with Gasteiger partial charge in [-0.05, 0) is 0 Å². The highest BCUT2D eigenvalue weighted by molar-refractivity contribution is 5.85. The fourth-order valence-corrected chi connectivity index (χ4v) is 0.218. The molecule has 0 radical (unpaired) electrons. The van der Waals surface area contributed by atoms with E-state index < -0.39 is 18.3 Å². The van der Waals surface area contributed by atoms with Gasteiger partial charge in [0.15, 0.2) is 0 Å². The second-order valence-corrected chi connectivity index (χ2v) is 1.91. The van der Waals surface area contributed by atoms with Gasteiger partial charge in [0.1, 0.15) is 0 Å². The number of halogens is 5. The Morgan fingerprint density at radius 3 is 1.36 bits per heavy atom. The van der Waals surface area contributed by atoms with Crippen LogP contribution in [0.25, 0.3) is 0 Å². The maximum Gasteiger partial charge on any atom is 0.394 e. The number of nitrogens with two attached hydrogens (primary N) is 2. The lowest BCUT2D eigenvalue weighted by Crippen LogP contribution is -2.44. The Morgan fingerprint density at radius 2 is 1.36 bits per heavy atom. The molecule has 0 saturated heterocycles. The SMILES string of the molecule is CC(C(N)N)C(F)(F)F.Cl.Cl. The van der Waals surface area contributed by atoms with Crippen molar-refractivity contribution in [1.29, 1.82) is 0 Å². The molecular weight excluding hydrogens is 204 g/mol. The third-order valence-corrected chi connectivity index (χ3v) is 1.09. The summed E-state index contributed by atoms with van der Waals surface area (Å²) in [6.07, 6.45) is -5.58. The largest absolute Gasteiger partial charge is 0.394 e. The van der Waals surface area contributed by atoms with Crippen LogP contribution >= 0.6 is 24.8 Å². The lowest BCUT2D eigenvalue weighted by atomic mass is 10.1. The first kappa shape index (κ1) is 17.4. The molecule has 0 aromatic carbocycles. The molecule has 0 saturated carbocycles. The van der Waals surface area contributed by atoms with Crippen LogP contribution in [0, 0.1) is 5.92 Å². The predicted octanol–water partition coefficient (Wildman–Crippen LogP) is 1.27. The van der Waals surface area contributed by atoms with Crippen molar-refractivity contribution in [2.24, 2.45) is 17.4 Å². The van der Waals surface area contributed by atoms with Crippen LogP contribution < -0.4 is 11.5 Å². The minimum absolute atomic E-state index is 0. The molecule has 11 heavy (non-hydrogen) atoms. The normalized spacial score (nSPS) is 13.4. The molecule has 0 bridgehead atoms. The molecule has 7 heteroatoms. The second kappa shape index (κ2) is 5.88. The van der Waals surface area contributed by atoms with Crippen LogP contribution in [-0.2, 0) is 0 Å². The van der Waals surface area contributed by atoms with E-state index in [1.807, 2.05) is 0 Å². The minimum atomic E-state index is -4.27. The second-order valence-electron chi connectivity index (χ2n) is 1.91. The van der Waals surface area contributed by atoms with Crippen molar-refractivity contribution in [3.05, 3.63) is 0 Å². The highest BCUT2D eigenvalue weighted by Crippen LogP contribution is 2.25. The summed E-state index contributed by atoms with van der Waals surface area (Å²) < 4.78 is 34.6. The smallest absolute Gasteiger partial charge is 0.316 e. The molecule has 72 valence electrons. The van der Waals surface area contributed by atoms with Crippen molar-refractivity contribution < 1.29 is 13.2 Å². The van der Waals surface area contributed by atoms with Crippen molar-refractivity contribution in [2.75, 3.05) is 0 Å². The Labute approximate surface area is 75.3 Å². The molecular formula is C4H11Cl2F3N2. The molecule has 0 fully saturated rings. The summed E-state index contributed by atoms with van der Waals surface area (Å²) in [5, 5.41) is 0. The van der Waals surface area contributed by atoms with Crippen LogP contribution in [0.5, 0.6) is 0 Å². The lowest BCUT2D eigenvalue weighted by Gasteiger charge is -2.18. The zero-order valence-electron chi connectivity index (χ0n) is 5.76. The van der Waals surface area contributed by atoms with E-state index in [2.05, 4.69) is 0 Å². The zero-order chi connectivity index (χ0) is 7.65. The van der Waals surface area contributed by atoms with Crippen LogP contribution in [0.1, 0.15) is 6.92 Å². The predicted molar refractivity (Wildman–Crippen MR) is 41.9 cm³/mol. The first-order valence-electron chi connectivity index (χ1n) is 2.43. The summed E-state index contributed by atoms with van der Waals surface area (Å²) >= 11 is 0. The number of alkyl halides is 3. The van der Waals surface area contributed by atoms with E-state index in [-0.39, 0.29) is 24.8 Å². The van der Waals surface area contributed by atoms with Crippen molar-refractivity contribution in [3.8, 4) is 0 Å². The lowest BCUT2D eigenvalue weighted by molar-refractivity contribution is -0.174. The molecule has 0 aromatic heterocycles. The molecule has 1 atom stereocenters. The summed E-state index contributed by atoms with van der Waals surface area (Å²) in [5.41, 5.74) is 9.56. The Balaban J connectivity index is -0.000000320. The number of hydrogen-bond acceptors (Lipinski definition) is 2. The van der Waals surface area contributed by atoms with E-state index in [0.29, 0.717) is 0 Å². The highest BCUT2D eigenvalue weighted by Gasteiger charge is 2.38. The van der Waals surface area contributed by atoms with Gasteiger partial charge in [-0.1, -0.05) is 6.92 Å².